The van der Waals surface area contributed by atoms with Crippen LogP contribution in [0, 0.1) is 76.6 Å². The fourth-order valence-electron chi connectivity index (χ4n) is 12.6. The molecule has 2 aromatic heterocycles. The van der Waals surface area contributed by atoms with Gasteiger partial charge < -0.3 is 39.4 Å². The average Bonchev–Trinajstić information content (AvgIpc) is 0.757. The smallest absolute Gasteiger partial charge is 0.416 e. The van der Waals surface area contributed by atoms with Gasteiger partial charge in [-0.05, 0) is 220 Å². The standard InChI is InChI=1S/C38H45F8N3O4.C36H41F8N3O4/c1-9-53-31(51)18-28(33-34(39)22(5)16-25(35(33)40)32-21(4)12-13-26(23(32)6)37(41,42)43)47-36(52)29(15-20(2)3)49-19-24(11-10-14-48(7)8)27(17-30(49)50)38(44,45)46;1-18(2)13-27(47-17-22(9-8-12-46(6)7)25(15-28(47)48)36(42,43)44)34(51)45-26(16-29(49)50)31-32(37)20(4)14-23(33(31)38)30-19(3)10-11-24(21(30)5)35(39,40)41/h12-13,16-17,19-20,28-29H,9-11,14-15,18H2,1-8H3,(H,47,52);10-11,14-15,17-18,26-27H,8-9,12-13,16H2,1-7H3,(H,45,51)(H,49,50)/t28-,29?;26-,27?/m00/s1. The summed E-state index contributed by atoms with van der Waals surface area (Å²) in [6, 6.07) is -0.0388. The van der Waals surface area contributed by atoms with Crippen molar-refractivity contribution in [1.82, 2.24) is 29.6 Å². The molecule has 0 saturated heterocycles. The van der Waals surface area contributed by atoms with Crippen LogP contribution < -0.4 is 21.8 Å². The number of hydrogen-bond acceptors (Lipinski definition) is 9. The molecule has 0 fully saturated rings. The highest BCUT2D eigenvalue weighted by Crippen LogP contribution is 2.45. The van der Waals surface area contributed by atoms with Gasteiger partial charge >= 0.3 is 36.6 Å². The van der Waals surface area contributed by atoms with Crippen molar-refractivity contribution in [2.45, 2.75) is 176 Å². The maximum atomic E-state index is 16.7. The second kappa shape index (κ2) is 35.0. The summed E-state index contributed by atoms with van der Waals surface area (Å²) < 4.78 is 239. The van der Waals surface area contributed by atoms with Crippen LogP contribution >= 0.6 is 0 Å². The first-order valence-corrected chi connectivity index (χ1v) is 33.2. The van der Waals surface area contributed by atoms with Crippen molar-refractivity contribution in [3.8, 4) is 22.3 Å². The van der Waals surface area contributed by atoms with E-state index < -0.39 is 164 Å². The third-order valence-electron chi connectivity index (χ3n) is 17.4. The van der Waals surface area contributed by atoms with Crippen molar-refractivity contribution in [3.63, 3.8) is 0 Å². The number of alkyl halides is 12. The van der Waals surface area contributed by atoms with E-state index in [9.17, 15) is 86.6 Å². The van der Waals surface area contributed by atoms with Crippen molar-refractivity contribution in [1.29, 1.82) is 0 Å². The Kier molecular flexibility index (Phi) is 29.0. The number of hydrogen-bond donors (Lipinski definition) is 3. The molecule has 4 atom stereocenters. The van der Waals surface area contributed by atoms with E-state index in [1.807, 2.05) is 0 Å². The first kappa shape index (κ1) is 86.1. The number of pyridine rings is 2. The Labute approximate surface area is 591 Å². The summed E-state index contributed by atoms with van der Waals surface area (Å²) in [5.41, 5.74) is -11.0. The molecule has 0 aliphatic heterocycles. The molecule has 2 unspecified atom stereocenters. The number of nitrogens with zero attached hydrogens (tertiary/aromatic N) is 4. The van der Waals surface area contributed by atoms with Crippen molar-refractivity contribution >= 4 is 23.8 Å². The van der Waals surface area contributed by atoms with Crippen LogP contribution in [0.5, 0.6) is 0 Å². The van der Waals surface area contributed by atoms with Crippen LogP contribution in [0.15, 0.2) is 70.5 Å². The number of carboxylic acids is 1. The number of benzene rings is 4. The third kappa shape index (κ3) is 21.6. The normalized spacial score (nSPS) is 13.5. The van der Waals surface area contributed by atoms with Crippen molar-refractivity contribution < 1.29 is 99.3 Å². The lowest BCUT2D eigenvalue weighted by atomic mass is 9.87. The number of aliphatic carboxylic acids is 1. The van der Waals surface area contributed by atoms with E-state index in [0.29, 0.717) is 25.2 Å². The van der Waals surface area contributed by atoms with E-state index in [2.05, 4.69) is 10.6 Å². The highest BCUT2D eigenvalue weighted by molar-refractivity contribution is 5.84. The molecule has 2 heterocycles. The van der Waals surface area contributed by atoms with Gasteiger partial charge in [0.05, 0.1) is 53.8 Å². The molecule has 0 radical (unpaired) electrons. The molecule has 0 saturated carbocycles. The summed E-state index contributed by atoms with van der Waals surface area (Å²) in [5.74, 6) is -10.6. The van der Waals surface area contributed by atoms with Gasteiger partial charge in [0.15, 0.2) is 0 Å². The Hall–Kier alpha value is -8.54. The number of esters is 1. The van der Waals surface area contributed by atoms with Crippen LogP contribution in [-0.4, -0.2) is 95.7 Å². The maximum Gasteiger partial charge on any atom is 0.416 e. The molecule has 4 aromatic carbocycles. The minimum atomic E-state index is -4.89. The Bertz CT molecular complexity index is 4230. The number of carbonyl (C=O) groups excluding carboxylic acids is 3. The lowest BCUT2D eigenvalue weighted by Crippen LogP contribution is -2.41. The molecule has 2 amide bonds. The minimum Gasteiger partial charge on any atom is -0.481 e. The van der Waals surface area contributed by atoms with Crippen LogP contribution in [0.4, 0.5) is 70.2 Å². The van der Waals surface area contributed by atoms with E-state index in [1.165, 1.54) is 34.6 Å². The zero-order valence-electron chi connectivity index (χ0n) is 60.2. The summed E-state index contributed by atoms with van der Waals surface area (Å²) in [5, 5.41) is 14.5. The fraction of sp³-hybridized carbons (Fsp3) is 0.486. The molecule has 104 heavy (non-hydrogen) atoms. The van der Waals surface area contributed by atoms with E-state index >= 15 is 17.6 Å². The zero-order valence-corrected chi connectivity index (χ0v) is 60.2. The van der Waals surface area contributed by atoms with Crippen LogP contribution in [0.1, 0.15) is 175 Å². The number of aryl methyl sites for hydroxylation is 6. The molecular formula is C74H86F16N6O8. The van der Waals surface area contributed by atoms with Crippen molar-refractivity contribution in [2.75, 3.05) is 47.9 Å². The van der Waals surface area contributed by atoms with Gasteiger partial charge in [-0.3, -0.25) is 28.8 Å². The molecule has 30 heteroatoms. The summed E-state index contributed by atoms with van der Waals surface area (Å²) in [7, 11) is 6.94. The van der Waals surface area contributed by atoms with Crippen molar-refractivity contribution in [3.05, 3.63) is 183 Å². The van der Waals surface area contributed by atoms with Crippen LogP contribution in [0.25, 0.3) is 22.3 Å². The van der Waals surface area contributed by atoms with Gasteiger partial charge in [0.25, 0.3) is 11.1 Å². The summed E-state index contributed by atoms with van der Waals surface area (Å²) >= 11 is 0. The van der Waals surface area contributed by atoms with Gasteiger partial charge in [-0.15, -0.1) is 0 Å². The van der Waals surface area contributed by atoms with Crippen LogP contribution in [0.3, 0.4) is 0 Å². The quantitative estimate of drug-likeness (QED) is 0.0333. The van der Waals surface area contributed by atoms with Gasteiger partial charge in [0.1, 0.15) is 35.4 Å². The molecular weight excluding hydrogens is 1400 g/mol. The topological polar surface area (TPSA) is 172 Å². The van der Waals surface area contributed by atoms with E-state index in [0.717, 1.165) is 71.8 Å². The molecule has 14 nitrogen and oxygen atoms in total. The van der Waals surface area contributed by atoms with Crippen LogP contribution in [0.2, 0.25) is 0 Å². The first-order valence-electron chi connectivity index (χ1n) is 33.2. The number of aromatic nitrogens is 2. The van der Waals surface area contributed by atoms with Gasteiger partial charge in [-0.2, -0.15) is 52.7 Å². The molecule has 0 bridgehead atoms. The largest absolute Gasteiger partial charge is 0.481 e. The Morgan fingerprint density at radius 2 is 0.837 bits per heavy atom. The monoisotopic (exact) mass is 1490 g/mol. The molecule has 6 rings (SSSR count). The SMILES string of the molecule is CCOC(=O)C[C@H](NC(=O)C(CC(C)C)n1cc(CCCN(C)C)c(C(F)(F)F)cc1=O)c1c(F)c(C)cc(-c2c(C)ccc(C(F)(F)F)c2C)c1F.Cc1cc(-c2c(C)ccc(C(F)(F)F)c2C)c(F)c([C@H](CC(=O)O)NC(=O)C(CC(C)C)n2cc(CCCN(C)C)c(C(F)(F)F)cc2=O)c1F. The second-order valence-corrected chi connectivity index (χ2v) is 27.2. The van der Waals surface area contributed by atoms with Gasteiger partial charge in [0, 0.05) is 46.8 Å². The number of carbonyl (C=O) groups is 4. The molecule has 0 aliphatic rings. The predicted octanol–water partition coefficient (Wildman–Crippen LogP) is 16.8. The Morgan fingerprint density at radius 1 is 0.500 bits per heavy atom. The number of halogens is 16. The average molecular weight is 1490 g/mol. The molecule has 572 valence electrons. The Morgan fingerprint density at radius 3 is 1.13 bits per heavy atom. The number of nitrogens with one attached hydrogen (secondary N) is 2. The lowest BCUT2D eigenvalue weighted by Gasteiger charge is -2.27. The van der Waals surface area contributed by atoms with Gasteiger partial charge in [0.2, 0.25) is 11.8 Å². The zero-order chi connectivity index (χ0) is 78.9. The number of rotatable bonds is 27. The fourth-order valence-corrected chi connectivity index (χ4v) is 12.6. The lowest BCUT2D eigenvalue weighted by molar-refractivity contribution is -0.144. The van der Waals surface area contributed by atoms with E-state index in [4.69, 9.17) is 4.74 Å². The number of carboxylic acid groups (broad SMARTS) is 1. The Balaban J connectivity index is 0.000000374. The first-order chi connectivity index (χ1) is 47.9. The third-order valence-corrected chi connectivity index (χ3v) is 17.4. The molecule has 6 aromatic rings. The maximum absolute atomic E-state index is 16.7. The summed E-state index contributed by atoms with van der Waals surface area (Å²) in [6.45, 7) is 16.4. The van der Waals surface area contributed by atoms with Gasteiger partial charge in [-0.1, -0.05) is 39.8 Å². The van der Waals surface area contributed by atoms with E-state index in [1.54, 1.807) is 65.7 Å². The molecule has 0 aliphatic carbocycles. The van der Waals surface area contributed by atoms with Crippen molar-refractivity contribution in [2.24, 2.45) is 11.8 Å². The molecule has 0 spiro atoms. The van der Waals surface area contributed by atoms with Crippen LogP contribution in [-0.2, 0) is 61.5 Å². The highest BCUT2D eigenvalue weighted by Gasteiger charge is 2.41. The second-order valence-electron chi connectivity index (χ2n) is 27.2. The predicted molar refractivity (Wildman–Crippen MR) is 359 cm³/mol. The summed E-state index contributed by atoms with van der Waals surface area (Å²) in [4.78, 5) is 82.9. The molecule has 3 N–H and O–H groups in total. The highest BCUT2D eigenvalue weighted by atomic mass is 19.4. The summed E-state index contributed by atoms with van der Waals surface area (Å²) in [6.07, 6.45) is -19.3. The van der Waals surface area contributed by atoms with Gasteiger partial charge in [-0.25, -0.2) is 17.6 Å². The number of amides is 2. The number of ether oxygens (including phenoxy) is 1. The minimum absolute atomic E-state index is 0.0916. The van der Waals surface area contributed by atoms with E-state index in [-0.39, 0.29) is 113 Å².